The third-order valence-electron chi connectivity index (χ3n) is 5.53. The predicted molar refractivity (Wildman–Crippen MR) is 125 cm³/mol. The van der Waals surface area contributed by atoms with Crippen molar-refractivity contribution in [3.05, 3.63) is 89.5 Å². The molecule has 3 aromatic rings. The van der Waals surface area contributed by atoms with E-state index in [0.717, 1.165) is 24.3 Å². The van der Waals surface area contributed by atoms with Crippen LogP contribution in [0.25, 0.3) is 0 Å². The molecule has 0 saturated heterocycles. The van der Waals surface area contributed by atoms with E-state index in [2.05, 4.69) is 9.47 Å². The van der Waals surface area contributed by atoms with Gasteiger partial charge in [-0.1, -0.05) is 42.5 Å². The maximum absolute atomic E-state index is 13.0. The van der Waals surface area contributed by atoms with Gasteiger partial charge in [-0.2, -0.15) is 30.7 Å². The smallest absolute Gasteiger partial charge is 0.416 e. The van der Waals surface area contributed by atoms with E-state index in [1.807, 2.05) is 0 Å². The van der Waals surface area contributed by atoms with Crippen LogP contribution in [0.1, 0.15) is 29.2 Å². The number of hydrogen-bond acceptors (Lipinski definition) is 4. The molecular formula is C26H23F7N2O3. The summed E-state index contributed by atoms with van der Waals surface area (Å²) < 4.78 is 98.7. The summed E-state index contributed by atoms with van der Waals surface area (Å²) in [4.78, 5) is 14.0. The van der Waals surface area contributed by atoms with Crippen LogP contribution >= 0.6 is 0 Å². The number of carbonyl (C=O) groups excluding carboxylic acids is 1. The third kappa shape index (κ3) is 7.77. The lowest BCUT2D eigenvalue weighted by atomic mass is 10.0. The number of hydrogen-bond donors (Lipinski definition) is 1. The first-order valence-corrected chi connectivity index (χ1v) is 11.3. The summed E-state index contributed by atoms with van der Waals surface area (Å²) in [6.45, 7) is -6.56. The van der Waals surface area contributed by atoms with Crippen molar-refractivity contribution >= 4 is 11.6 Å². The van der Waals surface area contributed by atoms with Crippen molar-refractivity contribution in [1.29, 1.82) is 0 Å². The molecule has 0 unspecified atom stereocenters. The highest BCUT2D eigenvalue weighted by Crippen LogP contribution is 2.37. The number of nitrogens with two attached hydrogens (primary N) is 1. The molecular weight excluding hydrogens is 521 g/mol. The summed E-state index contributed by atoms with van der Waals surface area (Å²) in [6.07, 6.45) is -3.86. The fourth-order valence-electron chi connectivity index (χ4n) is 3.91. The van der Waals surface area contributed by atoms with E-state index in [0.29, 0.717) is 24.0 Å². The molecule has 204 valence electrons. The first-order valence-electron chi connectivity index (χ1n) is 11.3. The summed E-state index contributed by atoms with van der Waals surface area (Å²) >= 11 is 0. The topological polar surface area (TPSA) is 64.8 Å². The largest absolute Gasteiger partial charge is 0.431 e. The lowest BCUT2D eigenvalue weighted by molar-refractivity contribution is -0.137. The summed E-state index contributed by atoms with van der Waals surface area (Å²) in [5.74, 6) is -2.10. The van der Waals surface area contributed by atoms with Crippen LogP contribution in [0.2, 0.25) is 0 Å². The molecule has 1 atom stereocenters. The third-order valence-corrected chi connectivity index (χ3v) is 5.53. The van der Waals surface area contributed by atoms with Gasteiger partial charge in [0.05, 0.1) is 5.56 Å². The van der Waals surface area contributed by atoms with Gasteiger partial charge in [0.2, 0.25) is 5.91 Å². The normalized spacial score (nSPS) is 12.4. The fraction of sp³-hybridized carbons (Fsp3) is 0.269. The Morgan fingerprint density at radius 1 is 0.842 bits per heavy atom. The molecule has 3 aromatic carbocycles. The van der Waals surface area contributed by atoms with Crippen LogP contribution in [-0.2, 0) is 17.4 Å². The van der Waals surface area contributed by atoms with Gasteiger partial charge < -0.3 is 20.1 Å². The number of aryl methyl sites for hydroxylation is 1. The van der Waals surface area contributed by atoms with Crippen molar-refractivity contribution in [3.8, 4) is 11.5 Å². The Morgan fingerprint density at radius 2 is 1.45 bits per heavy atom. The Morgan fingerprint density at radius 3 is 2.00 bits per heavy atom. The summed E-state index contributed by atoms with van der Waals surface area (Å²) in [6, 6.07) is 15.1. The Kier molecular flexibility index (Phi) is 9.43. The van der Waals surface area contributed by atoms with E-state index in [9.17, 15) is 35.5 Å². The number of alkyl halides is 7. The van der Waals surface area contributed by atoms with E-state index < -0.39 is 48.4 Å². The number of ether oxygens (including phenoxy) is 2. The van der Waals surface area contributed by atoms with Gasteiger partial charge in [0.25, 0.3) is 0 Å². The minimum Gasteiger partial charge on any atom is -0.431 e. The van der Waals surface area contributed by atoms with Gasteiger partial charge in [0.15, 0.2) is 11.5 Å². The number of carbonyl (C=O) groups is 1. The Labute approximate surface area is 213 Å². The zero-order chi connectivity index (χ0) is 27.9. The van der Waals surface area contributed by atoms with Gasteiger partial charge in [-0.05, 0) is 48.2 Å². The second kappa shape index (κ2) is 12.5. The van der Waals surface area contributed by atoms with Gasteiger partial charge in [0, 0.05) is 18.3 Å². The monoisotopic (exact) mass is 544 g/mol. The van der Waals surface area contributed by atoms with Crippen molar-refractivity contribution in [2.24, 2.45) is 5.73 Å². The van der Waals surface area contributed by atoms with Gasteiger partial charge >= 0.3 is 19.4 Å². The van der Waals surface area contributed by atoms with E-state index in [1.165, 1.54) is 23.1 Å². The van der Waals surface area contributed by atoms with Gasteiger partial charge in [0.1, 0.15) is 6.04 Å². The highest BCUT2D eigenvalue weighted by atomic mass is 19.4. The lowest BCUT2D eigenvalue weighted by Gasteiger charge is -2.32. The molecule has 0 bridgehead atoms. The predicted octanol–water partition coefficient (Wildman–Crippen LogP) is 6.57. The molecule has 5 nitrogen and oxygen atoms in total. The van der Waals surface area contributed by atoms with Crippen LogP contribution < -0.4 is 20.1 Å². The van der Waals surface area contributed by atoms with Crippen molar-refractivity contribution in [1.82, 2.24) is 0 Å². The maximum atomic E-state index is 13.0. The van der Waals surface area contributed by atoms with E-state index in [4.69, 9.17) is 5.73 Å². The van der Waals surface area contributed by atoms with E-state index in [-0.39, 0.29) is 12.2 Å². The molecule has 0 spiro atoms. The molecule has 3 rings (SSSR count). The summed E-state index contributed by atoms with van der Waals surface area (Å²) in [5, 5.41) is 0. The minimum absolute atomic E-state index is 0.0900. The highest BCUT2D eigenvalue weighted by Gasteiger charge is 2.30. The molecule has 0 fully saturated rings. The number of benzene rings is 3. The number of anilines is 1. The molecule has 0 saturated carbocycles. The summed E-state index contributed by atoms with van der Waals surface area (Å²) in [5.41, 5.74) is 6.11. The average molecular weight is 544 g/mol. The zero-order valence-electron chi connectivity index (χ0n) is 19.7. The second-order valence-electron chi connectivity index (χ2n) is 8.10. The standard InChI is InChI=1S/C26H23F7N2O3/c27-24(28)37-20-13-12-19(15-21(20)38-25(29)30)35(22(23(34)36)17-6-2-1-3-7-17)14-4-5-16-8-10-18(11-9-16)26(31,32)33/h1-3,6-13,15,22,24-25H,4-5,14H2,(H2,34,36)/t22-/m1/s1. The number of halogens is 7. The Balaban J connectivity index is 1.94. The highest BCUT2D eigenvalue weighted by molar-refractivity contribution is 5.85. The van der Waals surface area contributed by atoms with Crippen LogP contribution in [0, 0.1) is 0 Å². The van der Waals surface area contributed by atoms with Crippen molar-refractivity contribution in [2.45, 2.75) is 38.3 Å². The summed E-state index contributed by atoms with van der Waals surface area (Å²) in [7, 11) is 0. The van der Waals surface area contributed by atoms with Crippen molar-refractivity contribution < 1.29 is 45.0 Å². The van der Waals surface area contributed by atoms with Gasteiger partial charge in [-0.25, -0.2) is 0 Å². The van der Waals surface area contributed by atoms with Crippen LogP contribution in [0.3, 0.4) is 0 Å². The molecule has 0 aliphatic rings. The first kappa shape index (κ1) is 28.6. The molecule has 0 aliphatic heterocycles. The van der Waals surface area contributed by atoms with Crippen LogP contribution in [0.5, 0.6) is 11.5 Å². The van der Waals surface area contributed by atoms with E-state index in [1.54, 1.807) is 30.3 Å². The molecule has 12 heteroatoms. The number of amides is 1. The Bertz CT molecular complexity index is 1190. The van der Waals surface area contributed by atoms with Crippen molar-refractivity contribution in [2.75, 3.05) is 11.4 Å². The number of rotatable bonds is 12. The zero-order valence-corrected chi connectivity index (χ0v) is 19.7. The fourth-order valence-corrected chi connectivity index (χ4v) is 3.91. The van der Waals surface area contributed by atoms with Crippen LogP contribution in [0.4, 0.5) is 36.4 Å². The molecule has 0 radical (unpaired) electrons. The van der Waals surface area contributed by atoms with Gasteiger partial charge in [-0.3, -0.25) is 4.79 Å². The average Bonchev–Trinajstić information content (AvgIpc) is 2.84. The first-order chi connectivity index (χ1) is 18.0. The Hall–Kier alpha value is -3.96. The molecule has 0 aromatic heterocycles. The second-order valence-corrected chi connectivity index (χ2v) is 8.10. The quantitative estimate of drug-likeness (QED) is 0.262. The minimum atomic E-state index is -4.47. The SMILES string of the molecule is NC(=O)[C@@H](c1ccccc1)N(CCCc1ccc(C(F)(F)F)cc1)c1ccc(OC(F)F)c(OC(F)F)c1. The molecule has 1 amide bonds. The number of primary amides is 1. The molecule has 0 aliphatic carbocycles. The lowest BCUT2D eigenvalue weighted by Crippen LogP contribution is -2.38. The van der Waals surface area contributed by atoms with Crippen LogP contribution in [-0.4, -0.2) is 25.7 Å². The number of nitrogens with zero attached hydrogens (tertiary/aromatic N) is 1. The van der Waals surface area contributed by atoms with E-state index >= 15 is 0 Å². The molecule has 38 heavy (non-hydrogen) atoms. The van der Waals surface area contributed by atoms with Crippen LogP contribution in [0.15, 0.2) is 72.8 Å². The molecule has 2 N–H and O–H groups in total. The molecule has 0 heterocycles. The van der Waals surface area contributed by atoms with Gasteiger partial charge in [-0.15, -0.1) is 0 Å². The van der Waals surface area contributed by atoms with Crippen molar-refractivity contribution in [3.63, 3.8) is 0 Å². The maximum Gasteiger partial charge on any atom is 0.416 e.